The van der Waals surface area contributed by atoms with E-state index in [-0.39, 0.29) is 37.1 Å². The summed E-state index contributed by atoms with van der Waals surface area (Å²) in [6.07, 6.45) is -0.352. The van der Waals surface area contributed by atoms with Gasteiger partial charge >= 0.3 is 6.18 Å². The summed E-state index contributed by atoms with van der Waals surface area (Å²) in [7, 11) is 0. The number of carbonyl (C=O) groups excluding carboxylic acids is 2. The first-order valence-corrected chi connectivity index (χ1v) is 11.6. The zero-order valence-electron chi connectivity index (χ0n) is 19.7. The Morgan fingerprint density at radius 1 is 1.26 bits per heavy atom. The monoisotopic (exact) mass is 495 g/mol. The number of nitrogens with one attached hydrogen (secondary N) is 1. The summed E-state index contributed by atoms with van der Waals surface area (Å²) in [5, 5.41) is 17.9. The van der Waals surface area contributed by atoms with Gasteiger partial charge in [0.05, 0.1) is 11.6 Å². The van der Waals surface area contributed by atoms with Gasteiger partial charge in [-0.15, -0.1) is 0 Å². The lowest BCUT2D eigenvalue weighted by Gasteiger charge is -2.17. The number of nitrogens with zero attached hydrogens (tertiary/aromatic N) is 4. The molecule has 12 heteroatoms. The largest absolute Gasteiger partial charge is 0.494 e. The molecule has 3 heterocycles. The predicted octanol–water partition coefficient (Wildman–Crippen LogP) is 2.48. The van der Waals surface area contributed by atoms with E-state index in [0.717, 1.165) is 28.3 Å². The van der Waals surface area contributed by atoms with Crippen molar-refractivity contribution in [2.24, 2.45) is 11.8 Å². The third-order valence-electron chi connectivity index (χ3n) is 6.27. The van der Waals surface area contributed by atoms with Crippen molar-refractivity contribution in [2.45, 2.75) is 58.8 Å². The molecule has 4 rings (SSSR count). The highest BCUT2D eigenvalue weighted by Crippen LogP contribution is 2.33. The maximum Gasteiger partial charge on any atom is 0.393 e. The molecule has 1 aliphatic heterocycles. The molecule has 2 aromatic heterocycles. The maximum atomic E-state index is 13.1. The highest BCUT2D eigenvalue weighted by atomic mass is 19.4. The molecule has 1 saturated heterocycles. The molecule has 0 spiro atoms. The molecule has 0 aromatic carbocycles. The zero-order valence-corrected chi connectivity index (χ0v) is 19.7. The average Bonchev–Trinajstić information content (AvgIpc) is 3.29. The highest BCUT2D eigenvalue weighted by molar-refractivity contribution is 5.97. The Hall–Kier alpha value is -3.31. The Bertz CT molecular complexity index is 1260. The number of aryl methyl sites for hydroxylation is 1. The van der Waals surface area contributed by atoms with Crippen LogP contribution in [0.5, 0.6) is 5.88 Å². The van der Waals surface area contributed by atoms with Gasteiger partial charge in [0.1, 0.15) is 5.65 Å². The van der Waals surface area contributed by atoms with Crippen LogP contribution < -0.4 is 10.9 Å². The predicted molar refractivity (Wildman–Crippen MR) is 121 cm³/mol. The van der Waals surface area contributed by atoms with Crippen LogP contribution in [0.4, 0.5) is 13.2 Å². The van der Waals surface area contributed by atoms with E-state index < -0.39 is 47.5 Å². The fraction of sp³-hybridized carbons (Fsp3) is 0.565. The molecule has 2 N–H and O–H groups in total. The van der Waals surface area contributed by atoms with Crippen LogP contribution in [-0.2, 0) is 11.3 Å². The number of alkyl halides is 3. The summed E-state index contributed by atoms with van der Waals surface area (Å²) >= 11 is 0. The first kappa shape index (κ1) is 24.8. The average molecular weight is 496 g/mol. The standard InChI is InChI=1S/C23H28F3N5O4/c1-12(2)10-30-20-16(6-7-17(32)29-9-8-14(11-29)23(24,25)26)13(3)28-31(20)22(35)18(21(30)34)19(33)27-15-4-5-15/h6-7,12,14-15,34H,4-5,8-11H2,1-3H3,(H,27,33). The molecule has 2 aromatic rings. The van der Waals surface area contributed by atoms with Crippen LogP contribution in [0.2, 0.25) is 0 Å². The second-order valence-electron chi connectivity index (χ2n) is 9.64. The second kappa shape index (κ2) is 9.04. The van der Waals surface area contributed by atoms with Gasteiger partial charge in [0.15, 0.2) is 5.56 Å². The number of fused-ring (bicyclic) bond motifs is 1. The van der Waals surface area contributed by atoms with Gasteiger partial charge in [-0.1, -0.05) is 13.8 Å². The summed E-state index contributed by atoms with van der Waals surface area (Å²) in [5.74, 6) is -3.29. The number of aromatic hydroxyl groups is 1. The third kappa shape index (κ3) is 4.92. The smallest absolute Gasteiger partial charge is 0.393 e. The Labute approximate surface area is 199 Å². The van der Waals surface area contributed by atoms with Gasteiger partial charge < -0.3 is 15.3 Å². The molecule has 190 valence electrons. The quantitative estimate of drug-likeness (QED) is 0.599. The van der Waals surface area contributed by atoms with Crippen LogP contribution in [-0.4, -0.2) is 61.3 Å². The van der Waals surface area contributed by atoms with E-state index in [1.54, 1.807) is 6.92 Å². The van der Waals surface area contributed by atoms with E-state index in [4.69, 9.17) is 0 Å². The SMILES string of the molecule is Cc1nn2c(=O)c(C(=O)NC3CC3)c(O)n(CC(C)C)c2c1C=CC(=O)N1CCC(C(F)(F)F)C1. The number of carbonyl (C=O) groups is 2. The van der Waals surface area contributed by atoms with Crippen LogP contribution in [0, 0.1) is 18.8 Å². The molecule has 1 atom stereocenters. The maximum absolute atomic E-state index is 13.1. The molecule has 35 heavy (non-hydrogen) atoms. The van der Waals surface area contributed by atoms with E-state index in [1.807, 2.05) is 13.8 Å². The molecule has 0 radical (unpaired) electrons. The van der Waals surface area contributed by atoms with E-state index in [2.05, 4.69) is 10.4 Å². The number of rotatable bonds is 6. The number of halogens is 3. The van der Waals surface area contributed by atoms with Crippen LogP contribution in [0.15, 0.2) is 10.9 Å². The van der Waals surface area contributed by atoms with Crippen molar-refractivity contribution in [1.29, 1.82) is 0 Å². The topological polar surface area (TPSA) is 109 Å². The minimum Gasteiger partial charge on any atom is -0.494 e. The zero-order chi connectivity index (χ0) is 25.7. The Kier molecular flexibility index (Phi) is 6.41. The molecular formula is C23H28F3N5O4. The summed E-state index contributed by atoms with van der Waals surface area (Å²) in [4.78, 5) is 39.5. The van der Waals surface area contributed by atoms with Crippen molar-refractivity contribution in [3.8, 4) is 5.88 Å². The number of amides is 2. The van der Waals surface area contributed by atoms with E-state index in [9.17, 15) is 32.7 Å². The number of likely N-dealkylation sites (tertiary alicyclic amines) is 1. The van der Waals surface area contributed by atoms with Crippen LogP contribution >= 0.6 is 0 Å². The van der Waals surface area contributed by atoms with Gasteiger partial charge in [0, 0.05) is 37.3 Å². The summed E-state index contributed by atoms with van der Waals surface area (Å²) in [6, 6.07) is -0.0260. The summed E-state index contributed by atoms with van der Waals surface area (Å²) in [6.45, 7) is 5.24. The first-order chi connectivity index (χ1) is 16.4. The Morgan fingerprint density at radius 2 is 1.94 bits per heavy atom. The van der Waals surface area contributed by atoms with Crippen molar-refractivity contribution in [1.82, 2.24) is 24.4 Å². The molecule has 0 bridgehead atoms. The highest BCUT2D eigenvalue weighted by Gasteiger charge is 2.44. The lowest BCUT2D eigenvalue weighted by atomic mass is 10.1. The number of hydrogen-bond donors (Lipinski definition) is 2. The van der Waals surface area contributed by atoms with E-state index in [1.165, 1.54) is 10.6 Å². The molecule has 9 nitrogen and oxygen atoms in total. The van der Waals surface area contributed by atoms with Gasteiger partial charge in [-0.2, -0.15) is 22.8 Å². The van der Waals surface area contributed by atoms with Crippen LogP contribution in [0.25, 0.3) is 11.7 Å². The molecule has 1 aliphatic carbocycles. The van der Waals surface area contributed by atoms with Crippen molar-refractivity contribution in [3.05, 3.63) is 33.3 Å². The lowest BCUT2D eigenvalue weighted by Crippen LogP contribution is -2.34. The van der Waals surface area contributed by atoms with Crippen LogP contribution in [0.3, 0.4) is 0 Å². The van der Waals surface area contributed by atoms with Gasteiger partial charge in [0.2, 0.25) is 11.8 Å². The van der Waals surface area contributed by atoms with E-state index in [0.29, 0.717) is 11.3 Å². The third-order valence-corrected chi connectivity index (χ3v) is 6.27. The van der Waals surface area contributed by atoms with Gasteiger partial charge in [-0.05, 0) is 38.2 Å². The molecule has 1 saturated carbocycles. The van der Waals surface area contributed by atoms with Crippen molar-refractivity contribution in [2.75, 3.05) is 13.1 Å². The normalized spacial score (nSPS) is 18.8. The number of aromatic nitrogens is 3. The van der Waals surface area contributed by atoms with Crippen LogP contribution in [0.1, 0.15) is 54.7 Å². The Morgan fingerprint density at radius 3 is 2.51 bits per heavy atom. The van der Waals surface area contributed by atoms with E-state index >= 15 is 0 Å². The molecule has 2 amide bonds. The van der Waals surface area contributed by atoms with Gasteiger partial charge in [-0.3, -0.25) is 19.0 Å². The fourth-order valence-electron chi connectivity index (χ4n) is 4.27. The summed E-state index contributed by atoms with van der Waals surface area (Å²) in [5.41, 5.74) is -0.295. The molecule has 2 fully saturated rings. The molecular weight excluding hydrogens is 467 g/mol. The lowest BCUT2D eigenvalue weighted by molar-refractivity contribution is -0.170. The molecule has 1 unspecified atom stereocenters. The fourth-order valence-corrected chi connectivity index (χ4v) is 4.27. The first-order valence-electron chi connectivity index (χ1n) is 11.6. The summed E-state index contributed by atoms with van der Waals surface area (Å²) < 4.78 is 41.3. The minimum absolute atomic E-state index is 0.000592. The second-order valence-corrected chi connectivity index (χ2v) is 9.64. The van der Waals surface area contributed by atoms with Crippen molar-refractivity contribution < 1.29 is 27.9 Å². The van der Waals surface area contributed by atoms with Crippen molar-refractivity contribution >= 4 is 23.5 Å². The Balaban J connectivity index is 1.73. The minimum atomic E-state index is -4.36. The van der Waals surface area contributed by atoms with Gasteiger partial charge in [-0.25, -0.2) is 0 Å². The number of hydrogen-bond acceptors (Lipinski definition) is 5. The van der Waals surface area contributed by atoms with Gasteiger partial charge in [0.25, 0.3) is 11.5 Å². The molecule has 2 aliphatic rings. The van der Waals surface area contributed by atoms with Crippen molar-refractivity contribution in [3.63, 3.8) is 0 Å².